The molecule has 1 fully saturated rings. The van der Waals surface area contributed by atoms with Crippen molar-refractivity contribution in [2.24, 2.45) is 5.92 Å². The van der Waals surface area contributed by atoms with Gasteiger partial charge in [-0.2, -0.15) is 0 Å². The van der Waals surface area contributed by atoms with Crippen molar-refractivity contribution in [3.63, 3.8) is 0 Å². The number of sulfonamides is 1. The summed E-state index contributed by atoms with van der Waals surface area (Å²) in [4.78, 5) is 10.7. The number of carboxylic acid groups (broad SMARTS) is 1. The monoisotopic (exact) mass is 297 g/mol. The van der Waals surface area contributed by atoms with Crippen molar-refractivity contribution in [2.45, 2.75) is 32.1 Å². The second-order valence-electron chi connectivity index (χ2n) is 5.27. The van der Waals surface area contributed by atoms with Crippen LogP contribution in [0.25, 0.3) is 0 Å². The highest BCUT2D eigenvalue weighted by atomic mass is 32.2. The van der Waals surface area contributed by atoms with Gasteiger partial charge >= 0.3 is 5.97 Å². The average Bonchev–Trinajstić information content (AvgIpc) is 2.39. The minimum atomic E-state index is -3.36. The van der Waals surface area contributed by atoms with Crippen molar-refractivity contribution in [2.75, 3.05) is 10.5 Å². The highest BCUT2D eigenvalue weighted by molar-refractivity contribution is 7.92. The van der Waals surface area contributed by atoms with Crippen LogP contribution in [-0.4, -0.2) is 25.2 Å². The lowest BCUT2D eigenvalue weighted by Crippen LogP contribution is -2.24. The lowest BCUT2D eigenvalue weighted by Gasteiger charge is -2.21. The maximum absolute atomic E-state index is 12.1. The Labute approximate surface area is 119 Å². The molecule has 20 heavy (non-hydrogen) atoms. The predicted octanol–water partition coefficient (Wildman–Crippen LogP) is 2.71. The Balaban J connectivity index is 1.98. The molecule has 110 valence electrons. The Morgan fingerprint density at radius 3 is 2.30 bits per heavy atom. The molecule has 0 heterocycles. The molecule has 0 unspecified atom stereocenters. The van der Waals surface area contributed by atoms with E-state index in [1.807, 2.05) is 0 Å². The van der Waals surface area contributed by atoms with Crippen LogP contribution < -0.4 is 4.72 Å². The van der Waals surface area contributed by atoms with E-state index in [1.165, 1.54) is 30.7 Å². The minimum absolute atomic E-state index is 0.139. The van der Waals surface area contributed by atoms with E-state index in [2.05, 4.69) is 4.72 Å². The molecule has 1 aromatic rings. The minimum Gasteiger partial charge on any atom is -0.478 e. The number of benzene rings is 1. The summed E-state index contributed by atoms with van der Waals surface area (Å²) >= 11 is 0. The first-order chi connectivity index (χ1) is 9.46. The molecule has 0 aliphatic heterocycles. The SMILES string of the molecule is O=C(O)c1ccc(NS(=O)(=O)CC2CCCCC2)cc1. The lowest BCUT2D eigenvalue weighted by molar-refractivity contribution is 0.0697. The Morgan fingerprint density at radius 2 is 1.75 bits per heavy atom. The van der Waals surface area contributed by atoms with Gasteiger partial charge in [0.2, 0.25) is 10.0 Å². The summed E-state index contributed by atoms with van der Waals surface area (Å²) in [5.41, 5.74) is 0.547. The molecule has 0 amide bonds. The van der Waals surface area contributed by atoms with Crippen molar-refractivity contribution in [3.8, 4) is 0 Å². The Morgan fingerprint density at radius 1 is 1.15 bits per heavy atom. The number of anilines is 1. The van der Waals surface area contributed by atoms with E-state index >= 15 is 0 Å². The zero-order valence-corrected chi connectivity index (χ0v) is 12.0. The van der Waals surface area contributed by atoms with Gasteiger partial charge in [0, 0.05) is 5.69 Å². The van der Waals surface area contributed by atoms with Crippen LogP contribution in [0.2, 0.25) is 0 Å². The Kier molecular flexibility index (Phi) is 4.65. The quantitative estimate of drug-likeness (QED) is 0.875. The second kappa shape index (κ2) is 6.26. The van der Waals surface area contributed by atoms with Gasteiger partial charge in [0.15, 0.2) is 0 Å². The molecule has 0 atom stereocenters. The third kappa shape index (κ3) is 4.23. The molecule has 2 rings (SSSR count). The zero-order chi connectivity index (χ0) is 14.6. The fourth-order valence-corrected chi connectivity index (χ4v) is 4.10. The van der Waals surface area contributed by atoms with Crippen LogP contribution in [0.3, 0.4) is 0 Å². The molecule has 1 aliphatic rings. The summed E-state index contributed by atoms with van der Waals surface area (Å²) in [6.07, 6.45) is 5.35. The van der Waals surface area contributed by atoms with Crippen molar-refractivity contribution in [3.05, 3.63) is 29.8 Å². The summed E-state index contributed by atoms with van der Waals surface area (Å²) in [6, 6.07) is 5.73. The molecule has 6 heteroatoms. The maximum Gasteiger partial charge on any atom is 0.335 e. The number of nitrogens with one attached hydrogen (secondary N) is 1. The van der Waals surface area contributed by atoms with E-state index in [4.69, 9.17) is 5.11 Å². The fourth-order valence-electron chi connectivity index (χ4n) is 2.57. The van der Waals surface area contributed by atoms with Crippen molar-refractivity contribution in [1.82, 2.24) is 0 Å². The fraction of sp³-hybridized carbons (Fsp3) is 0.500. The van der Waals surface area contributed by atoms with Gasteiger partial charge in [-0.05, 0) is 43.0 Å². The molecule has 1 aromatic carbocycles. The highest BCUT2D eigenvalue weighted by Gasteiger charge is 2.21. The molecule has 5 nitrogen and oxygen atoms in total. The van der Waals surface area contributed by atoms with Crippen LogP contribution in [0, 0.1) is 5.92 Å². The first kappa shape index (κ1) is 14.8. The topological polar surface area (TPSA) is 83.5 Å². The van der Waals surface area contributed by atoms with Crippen LogP contribution in [-0.2, 0) is 10.0 Å². The molecule has 0 bridgehead atoms. The van der Waals surface area contributed by atoms with Gasteiger partial charge in [-0.1, -0.05) is 19.3 Å². The van der Waals surface area contributed by atoms with E-state index in [-0.39, 0.29) is 17.2 Å². The standard InChI is InChI=1S/C14H19NO4S/c16-14(17)12-6-8-13(9-7-12)15-20(18,19)10-11-4-2-1-3-5-11/h6-9,11,15H,1-5,10H2,(H,16,17). The van der Waals surface area contributed by atoms with Crippen molar-refractivity contribution < 1.29 is 18.3 Å². The molecule has 0 spiro atoms. The van der Waals surface area contributed by atoms with Gasteiger partial charge in [-0.15, -0.1) is 0 Å². The van der Waals surface area contributed by atoms with Crippen LogP contribution in [0.5, 0.6) is 0 Å². The third-order valence-corrected chi connectivity index (χ3v) is 5.04. The molecule has 0 radical (unpaired) electrons. The Bertz CT molecular complexity index is 559. The average molecular weight is 297 g/mol. The summed E-state index contributed by atoms with van der Waals surface area (Å²) in [7, 11) is -3.36. The van der Waals surface area contributed by atoms with Crippen LogP contribution >= 0.6 is 0 Å². The van der Waals surface area contributed by atoms with Gasteiger partial charge in [-0.3, -0.25) is 4.72 Å². The largest absolute Gasteiger partial charge is 0.478 e. The van der Waals surface area contributed by atoms with E-state index in [0.29, 0.717) is 5.69 Å². The van der Waals surface area contributed by atoms with E-state index in [1.54, 1.807) is 0 Å². The van der Waals surface area contributed by atoms with Gasteiger partial charge in [0.1, 0.15) is 0 Å². The highest BCUT2D eigenvalue weighted by Crippen LogP contribution is 2.25. The first-order valence-corrected chi connectivity index (χ1v) is 8.45. The maximum atomic E-state index is 12.1. The molecule has 1 saturated carbocycles. The molecule has 2 N–H and O–H groups in total. The molecule has 0 saturated heterocycles. The number of aromatic carboxylic acids is 1. The van der Waals surface area contributed by atoms with Gasteiger partial charge in [0.05, 0.1) is 11.3 Å². The summed E-state index contributed by atoms with van der Waals surface area (Å²) in [5, 5.41) is 8.79. The first-order valence-electron chi connectivity index (χ1n) is 6.80. The number of hydrogen-bond donors (Lipinski definition) is 2. The number of hydrogen-bond acceptors (Lipinski definition) is 3. The van der Waals surface area contributed by atoms with E-state index in [0.717, 1.165) is 25.7 Å². The molecule has 1 aliphatic carbocycles. The van der Waals surface area contributed by atoms with Crippen molar-refractivity contribution in [1.29, 1.82) is 0 Å². The third-order valence-electron chi connectivity index (χ3n) is 3.59. The Hall–Kier alpha value is -1.56. The number of carboxylic acids is 1. The van der Waals surface area contributed by atoms with Gasteiger partial charge < -0.3 is 5.11 Å². The van der Waals surface area contributed by atoms with Crippen LogP contribution in [0.4, 0.5) is 5.69 Å². The second-order valence-corrected chi connectivity index (χ2v) is 7.04. The summed E-state index contributed by atoms with van der Waals surface area (Å²) in [5.74, 6) is -0.644. The van der Waals surface area contributed by atoms with Crippen LogP contribution in [0.1, 0.15) is 42.5 Å². The predicted molar refractivity (Wildman–Crippen MR) is 77.4 cm³/mol. The van der Waals surface area contributed by atoms with E-state index in [9.17, 15) is 13.2 Å². The lowest BCUT2D eigenvalue weighted by atomic mass is 9.91. The summed E-state index contributed by atoms with van der Waals surface area (Å²) in [6.45, 7) is 0. The number of rotatable bonds is 5. The molecule has 0 aromatic heterocycles. The smallest absolute Gasteiger partial charge is 0.335 e. The number of carbonyl (C=O) groups is 1. The normalized spacial score (nSPS) is 16.8. The zero-order valence-electron chi connectivity index (χ0n) is 11.2. The van der Waals surface area contributed by atoms with E-state index < -0.39 is 16.0 Å². The van der Waals surface area contributed by atoms with Gasteiger partial charge in [0.25, 0.3) is 0 Å². The molecular weight excluding hydrogens is 278 g/mol. The van der Waals surface area contributed by atoms with Crippen molar-refractivity contribution >= 4 is 21.7 Å². The van der Waals surface area contributed by atoms with Gasteiger partial charge in [-0.25, -0.2) is 13.2 Å². The van der Waals surface area contributed by atoms with Crippen LogP contribution in [0.15, 0.2) is 24.3 Å². The molecular formula is C14H19NO4S. The summed E-state index contributed by atoms with van der Waals surface area (Å²) < 4.78 is 26.6.